The summed E-state index contributed by atoms with van der Waals surface area (Å²) < 4.78 is 5.43. The Morgan fingerprint density at radius 1 is 1.45 bits per heavy atom. The summed E-state index contributed by atoms with van der Waals surface area (Å²) in [4.78, 5) is 11.8. The van der Waals surface area contributed by atoms with Crippen LogP contribution in [0.5, 0.6) is 5.75 Å². The Balaban J connectivity index is 2.35. The molecular formula is C14H21N3O3. The molecule has 20 heavy (non-hydrogen) atoms. The summed E-state index contributed by atoms with van der Waals surface area (Å²) >= 11 is 0. The summed E-state index contributed by atoms with van der Waals surface area (Å²) in [5.41, 5.74) is 5.53. The van der Waals surface area contributed by atoms with E-state index in [0.29, 0.717) is 6.42 Å². The second kappa shape index (κ2) is 8.79. The van der Waals surface area contributed by atoms with E-state index < -0.39 is 6.04 Å². The molecular weight excluding hydrogens is 258 g/mol. The lowest BCUT2D eigenvalue weighted by Crippen LogP contribution is -2.44. The molecule has 1 unspecified atom stereocenters. The zero-order chi connectivity index (χ0) is 14.8. The molecule has 1 aromatic carbocycles. The first kappa shape index (κ1) is 15.8. The van der Waals surface area contributed by atoms with Crippen molar-refractivity contribution in [2.75, 3.05) is 6.61 Å². The fourth-order valence-corrected chi connectivity index (χ4v) is 1.70. The number of benzene rings is 1. The molecule has 1 atom stereocenters. The van der Waals surface area contributed by atoms with E-state index in [1.165, 1.54) is 0 Å². The number of nitrogens with one attached hydrogen (secondary N) is 1. The zero-order valence-electron chi connectivity index (χ0n) is 11.6. The minimum atomic E-state index is -0.436. The smallest absolute Gasteiger partial charge is 0.224 e. The van der Waals surface area contributed by atoms with Crippen LogP contribution in [0.25, 0.3) is 0 Å². The van der Waals surface area contributed by atoms with Crippen LogP contribution in [0.3, 0.4) is 0 Å². The minimum Gasteiger partial charge on any atom is -0.493 e. The Morgan fingerprint density at radius 3 is 2.75 bits per heavy atom. The van der Waals surface area contributed by atoms with Crippen LogP contribution in [0.4, 0.5) is 0 Å². The molecule has 0 fully saturated rings. The molecule has 6 nitrogen and oxygen atoms in total. The standard InChI is InChI=1S/C14H21N3O3/c1-2-6-12(14(15)17-19)16-13(18)9-10-20-11-7-4-3-5-8-11/h3-5,7-8,12,19H,2,6,9-10H2,1H3,(H2,15,17)(H,16,18). The van der Waals surface area contributed by atoms with Crippen molar-refractivity contribution in [1.29, 1.82) is 0 Å². The number of ether oxygens (including phenoxy) is 1. The van der Waals surface area contributed by atoms with Crippen molar-refractivity contribution in [3.63, 3.8) is 0 Å². The lowest BCUT2D eigenvalue weighted by atomic mass is 10.1. The highest BCUT2D eigenvalue weighted by Crippen LogP contribution is 2.08. The minimum absolute atomic E-state index is 0.0178. The quantitative estimate of drug-likeness (QED) is 0.291. The lowest BCUT2D eigenvalue weighted by Gasteiger charge is -2.16. The maximum absolute atomic E-state index is 11.8. The Bertz CT molecular complexity index is 435. The van der Waals surface area contributed by atoms with Gasteiger partial charge in [0.2, 0.25) is 5.91 Å². The number of rotatable bonds is 8. The predicted octanol–water partition coefficient (Wildman–Crippen LogP) is 1.49. The number of para-hydroxylation sites is 1. The van der Waals surface area contributed by atoms with E-state index in [2.05, 4.69) is 10.5 Å². The van der Waals surface area contributed by atoms with Gasteiger partial charge in [-0.25, -0.2) is 0 Å². The SMILES string of the molecule is CCCC(NC(=O)CCOc1ccccc1)/C(N)=N/O. The Morgan fingerprint density at radius 2 is 2.15 bits per heavy atom. The van der Waals surface area contributed by atoms with Gasteiger partial charge in [-0.15, -0.1) is 0 Å². The molecule has 0 heterocycles. The Labute approximate surface area is 118 Å². The van der Waals surface area contributed by atoms with Gasteiger partial charge in [0.15, 0.2) is 5.84 Å². The fraction of sp³-hybridized carbons (Fsp3) is 0.429. The van der Waals surface area contributed by atoms with E-state index in [0.717, 1.165) is 12.2 Å². The number of hydrogen-bond acceptors (Lipinski definition) is 4. The van der Waals surface area contributed by atoms with Crippen LogP contribution in [-0.4, -0.2) is 29.6 Å². The van der Waals surface area contributed by atoms with Crippen LogP contribution in [-0.2, 0) is 4.79 Å². The van der Waals surface area contributed by atoms with E-state index in [-0.39, 0.29) is 24.8 Å². The van der Waals surface area contributed by atoms with Gasteiger partial charge in [0.25, 0.3) is 0 Å². The molecule has 0 aromatic heterocycles. The highest BCUT2D eigenvalue weighted by Gasteiger charge is 2.15. The Hall–Kier alpha value is -2.24. The van der Waals surface area contributed by atoms with E-state index in [4.69, 9.17) is 15.7 Å². The van der Waals surface area contributed by atoms with Crippen molar-refractivity contribution < 1.29 is 14.7 Å². The molecule has 0 aliphatic heterocycles. The molecule has 1 rings (SSSR count). The topological polar surface area (TPSA) is 96.9 Å². The molecule has 0 spiro atoms. The van der Waals surface area contributed by atoms with Gasteiger partial charge in [0.1, 0.15) is 5.75 Å². The van der Waals surface area contributed by atoms with Crippen molar-refractivity contribution in [2.45, 2.75) is 32.2 Å². The molecule has 0 saturated carbocycles. The summed E-state index contributed by atoms with van der Waals surface area (Å²) in [6, 6.07) is 8.85. The fourth-order valence-electron chi connectivity index (χ4n) is 1.70. The summed E-state index contributed by atoms with van der Waals surface area (Å²) in [5, 5.41) is 14.3. The highest BCUT2D eigenvalue weighted by molar-refractivity contribution is 5.89. The molecule has 0 aliphatic carbocycles. The van der Waals surface area contributed by atoms with Crippen LogP contribution in [0.1, 0.15) is 26.2 Å². The Kier molecular flexibility index (Phi) is 6.95. The number of amides is 1. The van der Waals surface area contributed by atoms with Gasteiger partial charge in [-0.1, -0.05) is 36.7 Å². The van der Waals surface area contributed by atoms with Crippen LogP contribution in [0, 0.1) is 0 Å². The second-order valence-corrected chi connectivity index (χ2v) is 4.35. The van der Waals surface area contributed by atoms with Gasteiger partial charge in [0.05, 0.1) is 19.1 Å². The maximum Gasteiger partial charge on any atom is 0.224 e. The maximum atomic E-state index is 11.8. The van der Waals surface area contributed by atoms with Crippen molar-refractivity contribution >= 4 is 11.7 Å². The monoisotopic (exact) mass is 279 g/mol. The first-order chi connectivity index (χ1) is 9.67. The average Bonchev–Trinajstić information content (AvgIpc) is 2.47. The third-order valence-corrected chi connectivity index (χ3v) is 2.73. The van der Waals surface area contributed by atoms with Crippen molar-refractivity contribution in [1.82, 2.24) is 5.32 Å². The summed E-state index contributed by atoms with van der Waals surface area (Å²) in [6.07, 6.45) is 1.66. The normalized spacial score (nSPS) is 12.8. The number of oxime groups is 1. The first-order valence-electron chi connectivity index (χ1n) is 6.62. The third-order valence-electron chi connectivity index (χ3n) is 2.73. The van der Waals surface area contributed by atoms with Crippen molar-refractivity contribution in [3.05, 3.63) is 30.3 Å². The number of amidine groups is 1. The van der Waals surface area contributed by atoms with Gasteiger partial charge in [0, 0.05) is 0 Å². The number of carbonyl (C=O) groups is 1. The number of hydrogen-bond donors (Lipinski definition) is 3. The molecule has 1 aromatic rings. The number of nitrogens with zero attached hydrogens (tertiary/aromatic N) is 1. The zero-order valence-corrected chi connectivity index (χ0v) is 11.6. The molecule has 0 saturated heterocycles. The second-order valence-electron chi connectivity index (χ2n) is 4.35. The van der Waals surface area contributed by atoms with E-state index >= 15 is 0 Å². The molecule has 0 radical (unpaired) electrons. The molecule has 110 valence electrons. The van der Waals surface area contributed by atoms with Crippen LogP contribution in [0.2, 0.25) is 0 Å². The van der Waals surface area contributed by atoms with Crippen LogP contribution >= 0.6 is 0 Å². The molecule has 0 bridgehead atoms. The van der Waals surface area contributed by atoms with E-state index in [9.17, 15) is 4.79 Å². The summed E-state index contributed by atoms with van der Waals surface area (Å²) in [6.45, 7) is 2.24. The largest absolute Gasteiger partial charge is 0.493 e. The van der Waals surface area contributed by atoms with Crippen LogP contribution in [0.15, 0.2) is 35.5 Å². The predicted molar refractivity (Wildman–Crippen MR) is 76.8 cm³/mol. The van der Waals surface area contributed by atoms with Crippen molar-refractivity contribution in [2.24, 2.45) is 10.9 Å². The average molecular weight is 279 g/mol. The third kappa shape index (κ3) is 5.60. The lowest BCUT2D eigenvalue weighted by molar-refractivity contribution is -0.121. The molecule has 0 aliphatic rings. The van der Waals surface area contributed by atoms with E-state index in [1.807, 2.05) is 37.3 Å². The van der Waals surface area contributed by atoms with E-state index in [1.54, 1.807) is 0 Å². The van der Waals surface area contributed by atoms with Crippen molar-refractivity contribution in [3.8, 4) is 5.75 Å². The summed E-state index contributed by atoms with van der Waals surface area (Å²) in [5.74, 6) is 0.553. The number of nitrogens with two attached hydrogens (primary N) is 1. The molecule has 4 N–H and O–H groups in total. The van der Waals surface area contributed by atoms with Gasteiger partial charge >= 0.3 is 0 Å². The molecule has 1 amide bonds. The summed E-state index contributed by atoms with van der Waals surface area (Å²) in [7, 11) is 0. The highest BCUT2D eigenvalue weighted by atomic mass is 16.5. The van der Waals surface area contributed by atoms with Gasteiger partial charge in [-0.2, -0.15) is 0 Å². The number of carbonyl (C=O) groups excluding carboxylic acids is 1. The van der Waals surface area contributed by atoms with Crippen LogP contribution < -0.4 is 15.8 Å². The van der Waals surface area contributed by atoms with Gasteiger partial charge in [-0.05, 0) is 18.6 Å². The first-order valence-corrected chi connectivity index (χ1v) is 6.62. The van der Waals surface area contributed by atoms with Gasteiger partial charge in [-0.3, -0.25) is 4.79 Å². The van der Waals surface area contributed by atoms with Gasteiger partial charge < -0.3 is 21.0 Å². The molecule has 6 heteroatoms.